The van der Waals surface area contributed by atoms with E-state index in [-0.39, 0.29) is 5.91 Å². The lowest BCUT2D eigenvalue weighted by Crippen LogP contribution is -2.26. The van der Waals surface area contributed by atoms with E-state index in [0.29, 0.717) is 16.0 Å². The summed E-state index contributed by atoms with van der Waals surface area (Å²) in [6.07, 6.45) is 5.09. The third-order valence-corrected chi connectivity index (χ3v) is 3.07. The molecule has 0 saturated heterocycles. The van der Waals surface area contributed by atoms with Gasteiger partial charge in [0.25, 0.3) is 5.91 Å². The monoisotopic (exact) mass is 258 g/mol. The predicted molar refractivity (Wildman–Crippen MR) is 55.6 cm³/mol. The molecule has 0 spiro atoms. The van der Waals surface area contributed by atoms with Crippen LogP contribution in [-0.2, 0) is 0 Å². The number of carbonyl (C=O) groups is 1. The Balaban J connectivity index is 2.81. The molecule has 0 radical (unpaired) electrons. The van der Waals surface area contributed by atoms with Crippen LogP contribution >= 0.6 is 27.3 Å². The normalized spacial score (nSPS) is 9.31. The first-order valence-electron chi connectivity index (χ1n) is 3.44. The first kappa shape index (κ1) is 10.2. The van der Waals surface area contributed by atoms with Crippen LogP contribution in [0.4, 0.5) is 0 Å². The summed E-state index contributed by atoms with van der Waals surface area (Å²) in [4.78, 5) is 17.6. The van der Waals surface area contributed by atoms with Gasteiger partial charge in [-0.1, -0.05) is 5.92 Å². The van der Waals surface area contributed by atoms with E-state index in [1.807, 2.05) is 0 Å². The van der Waals surface area contributed by atoms with Gasteiger partial charge in [0.15, 0.2) is 0 Å². The fourth-order valence-electron chi connectivity index (χ4n) is 0.753. The van der Waals surface area contributed by atoms with Gasteiger partial charge in [-0.2, -0.15) is 0 Å². The van der Waals surface area contributed by atoms with Gasteiger partial charge in [0.05, 0.1) is 12.1 Å². The van der Waals surface area contributed by atoms with Crippen molar-refractivity contribution >= 4 is 33.2 Å². The molecule has 0 aliphatic heterocycles. The van der Waals surface area contributed by atoms with E-state index in [1.54, 1.807) is 12.6 Å². The van der Waals surface area contributed by atoms with Crippen LogP contribution in [-0.4, -0.2) is 29.4 Å². The lowest BCUT2D eigenvalue weighted by molar-refractivity contribution is 0.0816. The van der Waals surface area contributed by atoms with Crippen molar-refractivity contribution in [3.05, 3.63) is 15.0 Å². The Morgan fingerprint density at radius 3 is 3.08 bits per heavy atom. The molecular formula is C8H7BrN2OS. The molecule has 0 atom stereocenters. The Bertz CT molecular complexity index is 355. The molecule has 13 heavy (non-hydrogen) atoms. The van der Waals surface area contributed by atoms with Crippen molar-refractivity contribution in [3.63, 3.8) is 0 Å². The first-order chi connectivity index (χ1) is 6.16. The minimum Gasteiger partial charge on any atom is -0.330 e. The van der Waals surface area contributed by atoms with E-state index in [1.165, 1.54) is 16.2 Å². The van der Waals surface area contributed by atoms with Crippen molar-refractivity contribution < 1.29 is 4.79 Å². The van der Waals surface area contributed by atoms with Crippen LogP contribution < -0.4 is 0 Å². The number of aromatic nitrogens is 1. The van der Waals surface area contributed by atoms with E-state index in [2.05, 4.69) is 26.8 Å². The standard InChI is InChI=1S/C8H7BrN2OS/c1-3-4-11(2)8(12)6-7(9)10-5-13-6/h1,5H,4H2,2H3. The van der Waals surface area contributed by atoms with E-state index in [4.69, 9.17) is 6.42 Å². The second-order valence-corrected chi connectivity index (χ2v) is 3.94. The minimum absolute atomic E-state index is 0.104. The van der Waals surface area contributed by atoms with Crippen LogP contribution in [0.5, 0.6) is 0 Å². The maximum Gasteiger partial charge on any atom is 0.267 e. The molecular weight excluding hydrogens is 252 g/mol. The highest BCUT2D eigenvalue weighted by molar-refractivity contribution is 9.10. The highest BCUT2D eigenvalue weighted by Crippen LogP contribution is 2.20. The number of halogens is 1. The zero-order chi connectivity index (χ0) is 9.84. The molecule has 1 amide bonds. The molecule has 1 aromatic heterocycles. The number of nitrogens with zero attached hydrogens (tertiary/aromatic N) is 2. The van der Waals surface area contributed by atoms with E-state index >= 15 is 0 Å². The second kappa shape index (κ2) is 4.40. The Labute approximate surface area is 88.9 Å². The summed E-state index contributed by atoms with van der Waals surface area (Å²) in [5.41, 5.74) is 1.61. The van der Waals surface area contributed by atoms with Gasteiger partial charge >= 0.3 is 0 Å². The molecule has 0 unspecified atom stereocenters. The Kier molecular flexibility index (Phi) is 3.46. The molecule has 0 aliphatic rings. The predicted octanol–water partition coefficient (Wildman–Crippen LogP) is 1.61. The van der Waals surface area contributed by atoms with Crippen molar-refractivity contribution in [3.8, 4) is 12.3 Å². The third kappa shape index (κ3) is 2.29. The summed E-state index contributed by atoms with van der Waals surface area (Å²) in [5.74, 6) is 2.30. The summed E-state index contributed by atoms with van der Waals surface area (Å²) >= 11 is 4.48. The number of rotatable bonds is 2. The topological polar surface area (TPSA) is 33.2 Å². The van der Waals surface area contributed by atoms with Gasteiger partial charge in [-0.25, -0.2) is 4.98 Å². The zero-order valence-electron chi connectivity index (χ0n) is 6.95. The molecule has 1 rings (SSSR count). The summed E-state index contributed by atoms with van der Waals surface area (Å²) in [6.45, 7) is 0.309. The van der Waals surface area contributed by atoms with Crippen LogP contribution in [0.25, 0.3) is 0 Å². The van der Waals surface area contributed by atoms with E-state index < -0.39 is 0 Å². The fourth-order valence-corrected chi connectivity index (χ4v) is 2.11. The highest BCUT2D eigenvalue weighted by Gasteiger charge is 2.16. The van der Waals surface area contributed by atoms with Crippen LogP contribution in [0.3, 0.4) is 0 Å². The number of terminal acetylenes is 1. The molecule has 3 nitrogen and oxygen atoms in total. The molecule has 0 aliphatic carbocycles. The quantitative estimate of drug-likeness (QED) is 0.756. The number of carbonyl (C=O) groups excluding carboxylic acids is 1. The van der Waals surface area contributed by atoms with Gasteiger partial charge < -0.3 is 4.90 Å². The fraction of sp³-hybridized carbons (Fsp3) is 0.250. The van der Waals surface area contributed by atoms with Gasteiger partial charge in [0.2, 0.25) is 0 Å². The second-order valence-electron chi connectivity index (χ2n) is 2.34. The maximum absolute atomic E-state index is 11.6. The highest BCUT2D eigenvalue weighted by atomic mass is 79.9. The SMILES string of the molecule is C#CCN(C)C(=O)c1scnc1Br. The average molecular weight is 259 g/mol. The molecule has 5 heteroatoms. The first-order valence-corrected chi connectivity index (χ1v) is 5.12. The van der Waals surface area contributed by atoms with Gasteiger partial charge in [-0.3, -0.25) is 4.79 Å². The average Bonchev–Trinajstić information content (AvgIpc) is 2.50. The van der Waals surface area contributed by atoms with Crippen molar-refractivity contribution in [2.24, 2.45) is 0 Å². The van der Waals surface area contributed by atoms with Crippen molar-refractivity contribution in [2.45, 2.75) is 0 Å². The van der Waals surface area contributed by atoms with Crippen LogP contribution in [0.15, 0.2) is 10.1 Å². The summed E-state index contributed by atoms with van der Waals surface area (Å²) in [7, 11) is 1.66. The number of hydrogen-bond donors (Lipinski definition) is 0. The van der Waals surface area contributed by atoms with Gasteiger partial charge in [-0.15, -0.1) is 17.8 Å². The Morgan fingerprint density at radius 1 is 1.92 bits per heavy atom. The lowest BCUT2D eigenvalue weighted by atomic mass is 10.4. The van der Waals surface area contributed by atoms with E-state index in [0.717, 1.165) is 0 Å². The molecule has 0 aromatic carbocycles. The smallest absolute Gasteiger partial charge is 0.267 e. The number of hydrogen-bond acceptors (Lipinski definition) is 3. The van der Waals surface area contributed by atoms with Gasteiger partial charge in [0.1, 0.15) is 9.48 Å². The molecule has 0 fully saturated rings. The third-order valence-electron chi connectivity index (χ3n) is 1.39. The molecule has 68 valence electrons. The molecule has 0 saturated carbocycles. The zero-order valence-corrected chi connectivity index (χ0v) is 9.35. The minimum atomic E-state index is -0.104. The summed E-state index contributed by atoms with van der Waals surface area (Å²) in [5, 5.41) is 0. The van der Waals surface area contributed by atoms with Gasteiger partial charge in [0, 0.05) is 7.05 Å². The van der Waals surface area contributed by atoms with Gasteiger partial charge in [-0.05, 0) is 15.9 Å². The summed E-state index contributed by atoms with van der Waals surface area (Å²) in [6, 6.07) is 0. The lowest BCUT2D eigenvalue weighted by Gasteiger charge is -2.11. The van der Waals surface area contributed by atoms with Crippen molar-refractivity contribution in [2.75, 3.05) is 13.6 Å². The maximum atomic E-state index is 11.6. The molecule has 1 heterocycles. The van der Waals surface area contributed by atoms with Crippen molar-refractivity contribution in [1.29, 1.82) is 0 Å². The largest absolute Gasteiger partial charge is 0.330 e. The summed E-state index contributed by atoms with van der Waals surface area (Å²) < 4.78 is 0.575. The van der Waals surface area contributed by atoms with Crippen LogP contribution in [0.1, 0.15) is 9.67 Å². The van der Waals surface area contributed by atoms with E-state index in [9.17, 15) is 4.79 Å². The number of amides is 1. The Morgan fingerprint density at radius 2 is 2.62 bits per heavy atom. The Hall–Kier alpha value is -0.860. The van der Waals surface area contributed by atoms with Crippen LogP contribution in [0.2, 0.25) is 0 Å². The molecule has 0 bridgehead atoms. The van der Waals surface area contributed by atoms with Crippen molar-refractivity contribution in [1.82, 2.24) is 9.88 Å². The van der Waals surface area contributed by atoms with Crippen LogP contribution in [0, 0.1) is 12.3 Å². The molecule has 1 aromatic rings. The molecule has 0 N–H and O–H groups in total. The number of thiazole rings is 1.